The third-order valence-corrected chi connectivity index (χ3v) is 4.77. The maximum Gasteiger partial charge on any atom is 0.260 e. The van der Waals surface area contributed by atoms with Gasteiger partial charge in [0.1, 0.15) is 11.4 Å². The molecule has 1 saturated heterocycles. The second kappa shape index (κ2) is 6.76. The van der Waals surface area contributed by atoms with Crippen molar-refractivity contribution in [2.75, 3.05) is 19.7 Å². The molecule has 7 heteroatoms. The minimum atomic E-state index is -1.51. The molecule has 6 nitrogen and oxygen atoms in total. The van der Waals surface area contributed by atoms with E-state index in [0.29, 0.717) is 10.8 Å². The van der Waals surface area contributed by atoms with E-state index in [1.807, 2.05) is 13.8 Å². The van der Waals surface area contributed by atoms with Crippen LogP contribution in [0.25, 0.3) is 0 Å². The lowest BCUT2D eigenvalue weighted by molar-refractivity contribution is -0.147. The van der Waals surface area contributed by atoms with Gasteiger partial charge in [0.05, 0.1) is 0 Å². The summed E-state index contributed by atoms with van der Waals surface area (Å²) in [6, 6.07) is 3.56. The Morgan fingerprint density at radius 1 is 1.30 bits per heavy atom. The molecule has 126 valence electrons. The Kier molecular flexibility index (Phi) is 5.16. The average Bonchev–Trinajstić information content (AvgIpc) is 2.50. The van der Waals surface area contributed by atoms with Crippen LogP contribution >= 0.6 is 11.6 Å². The fourth-order valence-electron chi connectivity index (χ4n) is 2.60. The number of halogens is 1. The number of hydrogen-bond acceptors (Lipinski definition) is 4. The molecule has 2 amide bonds. The molecule has 2 rings (SSSR count). The normalized spacial score (nSPS) is 17.0. The molecule has 1 aromatic rings. The van der Waals surface area contributed by atoms with Crippen molar-refractivity contribution in [1.82, 2.24) is 4.90 Å². The monoisotopic (exact) mass is 340 g/mol. The van der Waals surface area contributed by atoms with Crippen molar-refractivity contribution in [2.24, 2.45) is 5.73 Å². The van der Waals surface area contributed by atoms with E-state index in [0.717, 1.165) is 11.1 Å². The smallest absolute Gasteiger partial charge is 0.260 e. The van der Waals surface area contributed by atoms with Crippen LogP contribution in [0.1, 0.15) is 24.0 Å². The molecule has 0 saturated carbocycles. The maximum absolute atomic E-state index is 12.2. The Morgan fingerprint density at radius 3 is 2.30 bits per heavy atom. The third-order valence-electron chi connectivity index (χ3n) is 4.17. The zero-order chi connectivity index (χ0) is 17.2. The number of nitrogens with zero attached hydrogens (tertiary/aromatic N) is 1. The lowest BCUT2D eigenvalue weighted by Crippen LogP contribution is -2.54. The lowest BCUT2D eigenvalue weighted by atomic mass is 9.91. The van der Waals surface area contributed by atoms with Crippen LogP contribution < -0.4 is 10.5 Å². The van der Waals surface area contributed by atoms with E-state index in [1.54, 1.807) is 17.0 Å². The number of piperidine rings is 1. The summed E-state index contributed by atoms with van der Waals surface area (Å²) in [7, 11) is 0. The molecule has 3 N–H and O–H groups in total. The Bertz CT molecular complexity index is 602. The van der Waals surface area contributed by atoms with Gasteiger partial charge in [-0.1, -0.05) is 11.6 Å². The highest BCUT2D eigenvalue weighted by molar-refractivity contribution is 6.32. The van der Waals surface area contributed by atoms with Crippen LogP contribution in [0.2, 0.25) is 5.02 Å². The number of ether oxygens (including phenoxy) is 1. The van der Waals surface area contributed by atoms with Crippen molar-refractivity contribution in [1.29, 1.82) is 0 Å². The van der Waals surface area contributed by atoms with Gasteiger partial charge in [0.2, 0.25) is 5.91 Å². The Morgan fingerprint density at radius 2 is 1.83 bits per heavy atom. The summed E-state index contributed by atoms with van der Waals surface area (Å²) in [5, 5.41) is 10.7. The molecule has 0 aromatic heterocycles. The number of nitrogens with two attached hydrogens (primary N) is 1. The molecular formula is C16H21ClN2O4. The van der Waals surface area contributed by atoms with Crippen molar-refractivity contribution >= 4 is 23.4 Å². The second-order valence-electron chi connectivity index (χ2n) is 5.94. The summed E-state index contributed by atoms with van der Waals surface area (Å²) < 4.78 is 5.53. The summed E-state index contributed by atoms with van der Waals surface area (Å²) in [5.74, 6) is -0.349. The van der Waals surface area contributed by atoms with E-state index in [4.69, 9.17) is 22.1 Å². The van der Waals surface area contributed by atoms with Gasteiger partial charge in [-0.2, -0.15) is 0 Å². The number of primary amides is 1. The fourth-order valence-corrected chi connectivity index (χ4v) is 2.71. The number of aryl methyl sites for hydroxylation is 2. The Hall–Kier alpha value is -1.79. The van der Waals surface area contributed by atoms with Gasteiger partial charge in [-0.15, -0.1) is 0 Å². The van der Waals surface area contributed by atoms with Gasteiger partial charge >= 0.3 is 0 Å². The molecular weight excluding hydrogens is 320 g/mol. The molecule has 0 spiro atoms. The quantitative estimate of drug-likeness (QED) is 0.860. The molecule has 0 aliphatic carbocycles. The van der Waals surface area contributed by atoms with Gasteiger partial charge in [0.25, 0.3) is 5.91 Å². The van der Waals surface area contributed by atoms with Crippen molar-refractivity contribution in [3.05, 3.63) is 28.3 Å². The van der Waals surface area contributed by atoms with Gasteiger partial charge in [0, 0.05) is 31.0 Å². The molecule has 0 atom stereocenters. The van der Waals surface area contributed by atoms with Crippen LogP contribution in [0.3, 0.4) is 0 Å². The van der Waals surface area contributed by atoms with Crippen LogP contribution in [-0.2, 0) is 9.59 Å². The van der Waals surface area contributed by atoms with Gasteiger partial charge in [0.15, 0.2) is 6.61 Å². The summed E-state index contributed by atoms with van der Waals surface area (Å²) in [5.41, 5.74) is 5.43. The van der Waals surface area contributed by atoms with Crippen molar-refractivity contribution in [3.63, 3.8) is 0 Å². The van der Waals surface area contributed by atoms with E-state index < -0.39 is 11.5 Å². The number of benzene rings is 1. The van der Waals surface area contributed by atoms with E-state index in [2.05, 4.69) is 0 Å². The minimum absolute atomic E-state index is 0.102. The standard InChI is InChI=1S/C16H21ClN2O4/c1-10-7-12(8-11(2)14(10)17)23-9-13(20)19-5-3-16(22,4-6-19)15(18)21/h7-8,22H,3-6,9H2,1-2H3,(H2,18,21). The van der Waals surface area contributed by atoms with Crippen LogP contribution in [-0.4, -0.2) is 47.1 Å². The third kappa shape index (κ3) is 3.95. The van der Waals surface area contributed by atoms with Crippen LogP contribution in [0.4, 0.5) is 0 Å². The Labute approximate surface area is 140 Å². The maximum atomic E-state index is 12.2. The number of rotatable bonds is 4. The summed E-state index contributed by atoms with van der Waals surface area (Å²) in [6.07, 6.45) is 0.292. The first-order valence-electron chi connectivity index (χ1n) is 7.42. The van der Waals surface area contributed by atoms with Gasteiger partial charge in [-0.05, 0) is 37.1 Å². The van der Waals surface area contributed by atoms with E-state index >= 15 is 0 Å². The molecule has 1 aliphatic rings. The van der Waals surface area contributed by atoms with Crippen molar-refractivity contribution in [3.8, 4) is 5.75 Å². The number of amides is 2. The topological polar surface area (TPSA) is 92.9 Å². The first-order valence-corrected chi connectivity index (χ1v) is 7.80. The predicted molar refractivity (Wildman–Crippen MR) is 86.4 cm³/mol. The first-order chi connectivity index (χ1) is 10.7. The van der Waals surface area contributed by atoms with Gasteiger partial charge in [-0.25, -0.2) is 0 Å². The molecule has 0 bridgehead atoms. The van der Waals surface area contributed by atoms with E-state index in [1.165, 1.54) is 0 Å². The average molecular weight is 341 g/mol. The molecule has 1 aliphatic heterocycles. The van der Waals surface area contributed by atoms with Crippen molar-refractivity contribution < 1.29 is 19.4 Å². The Balaban J connectivity index is 1.90. The second-order valence-corrected chi connectivity index (χ2v) is 6.31. The molecule has 0 radical (unpaired) electrons. The highest BCUT2D eigenvalue weighted by Gasteiger charge is 2.38. The summed E-state index contributed by atoms with van der Waals surface area (Å²) >= 11 is 6.09. The molecule has 1 aromatic carbocycles. The zero-order valence-electron chi connectivity index (χ0n) is 13.3. The largest absolute Gasteiger partial charge is 0.484 e. The fraction of sp³-hybridized carbons (Fsp3) is 0.500. The minimum Gasteiger partial charge on any atom is -0.484 e. The highest BCUT2D eigenvalue weighted by Crippen LogP contribution is 2.26. The number of aliphatic hydroxyl groups is 1. The highest BCUT2D eigenvalue weighted by atomic mass is 35.5. The SMILES string of the molecule is Cc1cc(OCC(=O)N2CCC(O)(C(N)=O)CC2)cc(C)c1Cl. The van der Waals surface area contributed by atoms with E-state index in [9.17, 15) is 14.7 Å². The number of carbonyl (C=O) groups excluding carboxylic acids is 2. The predicted octanol–water partition coefficient (Wildman–Crippen LogP) is 1.17. The summed E-state index contributed by atoms with van der Waals surface area (Å²) in [6.45, 7) is 4.20. The molecule has 23 heavy (non-hydrogen) atoms. The van der Waals surface area contributed by atoms with Crippen molar-refractivity contribution in [2.45, 2.75) is 32.3 Å². The lowest BCUT2D eigenvalue weighted by Gasteiger charge is -2.35. The summed E-state index contributed by atoms with van der Waals surface area (Å²) in [4.78, 5) is 24.9. The van der Waals surface area contributed by atoms with E-state index in [-0.39, 0.29) is 38.4 Å². The van der Waals surface area contributed by atoms with Gasteiger partial charge in [-0.3, -0.25) is 9.59 Å². The van der Waals surface area contributed by atoms with Crippen LogP contribution in [0.5, 0.6) is 5.75 Å². The zero-order valence-corrected chi connectivity index (χ0v) is 14.0. The molecule has 1 heterocycles. The van der Waals surface area contributed by atoms with Crippen LogP contribution in [0, 0.1) is 13.8 Å². The molecule has 0 unspecified atom stereocenters. The van der Waals surface area contributed by atoms with Crippen LogP contribution in [0.15, 0.2) is 12.1 Å². The number of hydrogen-bond donors (Lipinski definition) is 2. The first kappa shape index (κ1) is 17.6. The number of carbonyl (C=O) groups is 2. The molecule has 1 fully saturated rings. The van der Waals surface area contributed by atoms with Gasteiger partial charge < -0.3 is 20.5 Å². The number of likely N-dealkylation sites (tertiary alicyclic amines) is 1.